The zero-order chi connectivity index (χ0) is 20.1. The molecule has 0 amide bonds. The molecule has 1 aromatic heterocycles. The van der Waals surface area contributed by atoms with Crippen molar-refractivity contribution in [2.45, 2.75) is 37.8 Å². The average Bonchev–Trinajstić information content (AvgIpc) is 3.12. The van der Waals surface area contributed by atoms with Crippen LogP contribution < -0.4 is 10.0 Å². The number of para-hydroxylation sites is 1. The molecule has 0 aliphatic carbocycles. The molecule has 1 atom stereocenters. The normalized spacial score (nSPS) is 16.4. The Hall–Kier alpha value is -2.35. The van der Waals surface area contributed by atoms with Crippen LogP contribution >= 0.6 is 11.6 Å². The third kappa shape index (κ3) is 3.30. The van der Waals surface area contributed by atoms with Crippen molar-refractivity contribution in [2.24, 2.45) is 5.14 Å². The molecule has 2 N–H and O–H groups in total. The van der Waals surface area contributed by atoms with E-state index in [1.54, 1.807) is 16.8 Å². The van der Waals surface area contributed by atoms with E-state index in [0.717, 1.165) is 34.6 Å². The predicted molar refractivity (Wildman–Crippen MR) is 110 cm³/mol. The first-order valence-corrected chi connectivity index (χ1v) is 10.9. The lowest BCUT2D eigenvalue weighted by molar-refractivity contribution is 0.597. The highest BCUT2D eigenvalue weighted by molar-refractivity contribution is 7.89. The topological polar surface area (TPSA) is 81.2 Å². The second kappa shape index (κ2) is 6.92. The number of halogens is 1. The van der Waals surface area contributed by atoms with E-state index < -0.39 is 10.0 Å². The van der Waals surface area contributed by atoms with Crippen LogP contribution in [0.3, 0.4) is 0 Å². The molecule has 1 aliphatic rings. The molecule has 4 rings (SSSR count). The first-order chi connectivity index (χ1) is 13.3. The van der Waals surface area contributed by atoms with E-state index in [4.69, 9.17) is 16.7 Å². The fraction of sp³-hybridized carbons (Fsp3) is 0.250. The zero-order valence-electron chi connectivity index (χ0n) is 15.6. The lowest BCUT2D eigenvalue weighted by Gasteiger charge is -2.25. The molecule has 28 heavy (non-hydrogen) atoms. The first kappa shape index (κ1) is 19.0. The molecule has 0 saturated heterocycles. The Morgan fingerprint density at radius 3 is 2.61 bits per heavy atom. The molecule has 8 heteroatoms. The van der Waals surface area contributed by atoms with Gasteiger partial charge in [-0.25, -0.2) is 18.2 Å². The third-order valence-corrected chi connectivity index (χ3v) is 6.49. The van der Waals surface area contributed by atoms with Gasteiger partial charge in [0.2, 0.25) is 10.0 Å². The quantitative estimate of drug-likeness (QED) is 0.706. The number of rotatable bonds is 4. The maximum atomic E-state index is 11.6. The summed E-state index contributed by atoms with van der Waals surface area (Å²) in [7, 11) is -3.71. The molecule has 0 fully saturated rings. The molecule has 0 radical (unpaired) electrons. The number of hydrogen-bond acceptors (Lipinski definition) is 4. The van der Waals surface area contributed by atoms with Crippen LogP contribution in [0.15, 0.2) is 53.4 Å². The molecule has 0 spiro atoms. The van der Waals surface area contributed by atoms with Crippen molar-refractivity contribution < 1.29 is 8.42 Å². The Morgan fingerprint density at radius 2 is 1.93 bits per heavy atom. The van der Waals surface area contributed by atoms with Gasteiger partial charge >= 0.3 is 0 Å². The van der Waals surface area contributed by atoms with Gasteiger partial charge in [0, 0.05) is 23.8 Å². The van der Waals surface area contributed by atoms with E-state index >= 15 is 0 Å². The monoisotopic (exact) mass is 416 g/mol. The Kier molecular flexibility index (Phi) is 4.69. The van der Waals surface area contributed by atoms with Gasteiger partial charge in [0.15, 0.2) is 0 Å². The van der Waals surface area contributed by atoms with E-state index in [0.29, 0.717) is 11.7 Å². The summed E-state index contributed by atoms with van der Waals surface area (Å²) in [6.45, 7) is 4.66. The number of nitrogens with zero attached hydrogens (tertiary/aromatic N) is 3. The summed E-state index contributed by atoms with van der Waals surface area (Å²) < 4.78 is 25.0. The Balaban J connectivity index is 1.69. The second-order valence-corrected chi connectivity index (χ2v) is 9.04. The number of fused-ring (bicyclic) bond motifs is 1. The second-order valence-electron chi connectivity index (χ2n) is 7.12. The Morgan fingerprint density at radius 1 is 1.21 bits per heavy atom. The Bertz CT molecular complexity index is 1140. The van der Waals surface area contributed by atoms with Gasteiger partial charge in [0.05, 0.1) is 16.3 Å². The SMILES string of the molecule is Cc1nn(-c2ccccc2)c(Cl)c1CN1c2ccc(S(N)(=O)=O)cc2C[C@H]1C. The minimum absolute atomic E-state index is 0.145. The van der Waals surface area contributed by atoms with Gasteiger partial charge in [-0.15, -0.1) is 0 Å². The van der Waals surface area contributed by atoms with Gasteiger partial charge < -0.3 is 4.90 Å². The smallest absolute Gasteiger partial charge is 0.238 e. The first-order valence-electron chi connectivity index (χ1n) is 8.97. The molecular formula is C20H21ClN4O2S. The van der Waals surface area contributed by atoms with Gasteiger partial charge in [0.1, 0.15) is 5.15 Å². The van der Waals surface area contributed by atoms with Crippen molar-refractivity contribution in [3.63, 3.8) is 0 Å². The van der Waals surface area contributed by atoms with Crippen LogP contribution in [0.2, 0.25) is 5.15 Å². The van der Waals surface area contributed by atoms with E-state index in [-0.39, 0.29) is 10.9 Å². The highest BCUT2D eigenvalue weighted by Crippen LogP contribution is 2.36. The van der Waals surface area contributed by atoms with Gasteiger partial charge in [-0.2, -0.15) is 5.10 Å². The van der Waals surface area contributed by atoms with Crippen LogP contribution in [0.4, 0.5) is 5.69 Å². The largest absolute Gasteiger partial charge is 0.364 e. The Labute approximate surface area is 169 Å². The number of sulfonamides is 1. The van der Waals surface area contributed by atoms with Gasteiger partial charge in [-0.3, -0.25) is 0 Å². The third-order valence-electron chi connectivity index (χ3n) is 5.19. The molecule has 2 heterocycles. The molecule has 0 unspecified atom stereocenters. The molecule has 2 aromatic carbocycles. The van der Waals surface area contributed by atoms with Crippen molar-refractivity contribution >= 4 is 27.3 Å². The van der Waals surface area contributed by atoms with Crippen molar-refractivity contribution in [2.75, 3.05) is 4.90 Å². The summed E-state index contributed by atoms with van der Waals surface area (Å²) in [5.41, 5.74) is 4.72. The molecule has 146 valence electrons. The molecule has 0 saturated carbocycles. The van der Waals surface area contributed by atoms with E-state index in [1.807, 2.05) is 43.3 Å². The van der Waals surface area contributed by atoms with Crippen molar-refractivity contribution in [3.05, 3.63) is 70.5 Å². The summed E-state index contributed by atoms with van der Waals surface area (Å²) in [5.74, 6) is 0. The maximum absolute atomic E-state index is 11.6. The fourth-order valence-corrected chi connectivity index (χ4v) is 4.61. The van der Waals surface area contributed by atoms with Gasteiger partial charge in [-0.05, 0) is 56.2 Å². The molecule has 1 aliphatic heterocycles. The lowest BCUT2D eigenvalue weighted by atomic mass is 10.1. The molecule has 3 aromatic rings. The summed E-state index contributed by atoms with van der Waals surface area (Å²) in [6.07, 6.45) is 0.752. The van der Waals surface area contributed by atoms with E-state index in [2.05, 4.69) is 16.9 Å². The van der Waals surface area contributed by atoms with Gasteiger partial charge in [-0.1, -0.05) is 29.8 Å². The number of primary sulfonamides is 1. The summed E-state index contributed by atoms with van der Waals surface area (Å²) in [5, 5.41) is 10.5. The number of anilines is 1. The number of nitrogens with two attached hydrogens (primary N) is 1. The van der Waals surface area contributed by atoms with Crippen LogP contribution in [-0.2, 0) is 23.0 Å². The standard InChI is InChI=1S/C20H21ClN4O2S/c1-13-10-15-11-17(28(22,26)27)8-9-19(15)24(13)12-18-14(2)23-25(20(18)21)16-6-4-3-5-7-16/h3-9,11,13H,10,12H2,1-2H3,(H2,22,26,27)/t13-/m1/s1. The fourth-order valence-electron chi connectivity index (χ4n) is 3.71. The zero-order valence-corrected chi connectivity index (χ0v) is 17.2. The van der Waals surface area contributed by atoms with Crippen LogP contribution in [0.1, 0.15) is 23.7 Å². The van der Waals surface area contributed by atoms with Crippen LogP contribution in [0.25, 0.3) is 5.69 Å². The van der Waals surface area contributed by atoms with Crippen LogP contribution in [0.5, 0.6) is 0 Å². The number of benzene rings is 2. The number of aromatic nitrogens is 2. The average molecular weight is 417 g/mol. The highest BCUT2D eigenvalue weighted by atomic mass is 35.5. The summed E-state index contributed by atoms with van der Waals surface area (Å²) >= 11 is 6.68. The van der Waals surface area contributed by atoms with Crippen molar-refractivity contribution in [1.29, 1.82) is 0 Å². The minimum atomic E-state index is -3.71. The highest BCUT2D eigenvalue weighted by Gasteiger charge is 2.29. The van der Waals surface area contributed by atoms with Crippen LogP contribution in [0, 0.1) is 6.92 Å². The minimum Gasteiger partial charge on any atom is -0.364 e. The molecule has 6 nitrogen and oxygen atoms in total. The molecular weight excluding hydrogens is 396 g/mol. The van der Waals surface area contributed by atoms with Crippen molar-refractivity contribution in [1.82, 2.24) is 9.78 Å². The number of hydrogen-bond donors (Lipinski definition) is 1. The van der Waals surface area contributed by atoms with Crippen molar-refractivity contribution in [3.8, 4) is 5.69 Å². The molecule has 0 bridgehead atoms. The van der Waals surface area contributed by atoms with Gasteiger partial charge in [0.25, 0.3) is 0 Å². The van der Waals surface area contributed by atoms with E-state index in [9.17, 15) is 8.42 Å². The summed E-state index contributed by atoms with van der Waals surface area (Å²) in [4.78, 5) is 2.37. The van der Waals surface area contributed by atoms with Crippen LogP contribution in [-0.4, -0.2) is 24.2 Å². The number of aryl methyl sites for hydroxylation is 1. The lowest BCUT2D eigenvalue weighted by Crippen LogP contribution is -2.28. The summed E-state index contributed by atoms with van der Waals surface area (Å²) in [6, 6.07) is 15.0. The van der Waals surface area contributed by atoms with E-state index in [1.165, 1.54) is 0 Å². The maximum Gasteiger partial charge on any atom is 0.238 e. The predicted octanol–water partition coefficient (Wildman–Crippen LogP) is 3.43.